The summed E-state index contributed by atoms with van der Waals surface area (Å²) in [6, 6.07) is 9.01. The minimum absolute atomic E-state index is 0.267. The average molecular weight is 274 g/mol. The van der Waals surface area contributed by atoms with Crippen molar-refractivity contribution in [3.63, 3.8) is 0 Å². The standard InChI is InChI=1S/C15H15FN2O2/c1-2-20-15-12(4-3-9-17-15)10-18-14(19)11-5-7-13(16)8-6-11/h3-9H,2,10H2,1H3,(H,18,19). The van der Waals surface area contributed by atoms with E-state index < -0.39 is 0 Å². The molecule has 2 rings (SSSR count). The van der Waals surface area contributed by atoms with Crippen LogP contribution >= 0.6 is 0 Å². The summed E-state index contributed by atoms with van der Waals surface area (Å²) in [4.78, 5) is 16.0. The minimum Gasteiger partial charge on any atom is -0.478 e. The number of pyridine rings is 1. The molecule has 0 radical (unpaired) electrons. The molecule has 1 heterocycles. The van der Waals surface area contributed by atoms with Crippen molar-refractivity contribution >= 4 is 5.91 Å². The molecular formula is C15H15FN2O2. The summed E-state index contributed by atoms with van der Waals surface area (Å²) >= 11 is 0. The van der Waals surface area contributed by atoms with Crippen LogP contribution in [0, 0.1) is 5.82 Å². The van der Waals surface area contributed by atoms with E-state index >= 15 is 0 Å². The van der Waals surface area contributed by atoms with Crippen LogP contribution in [0.5, 0.6) is 5.88 Å². The van der Waals surface area contributed by atoms with Crippen LogP contribution in [0.4, 0.5) is 4.39 Å². The van der Waals surface area contributed by atoms with Crippen molar-refractivity contribution in [1.29, 1.82) is 0 Å². The van der Waals surface area contributed by atoms with Crippen molar-refractivity contribution in [2.45, 2.75) is 13.5 Å². The van der Waals surface area contributed by atoms with E-state index in [0.717, 1.165) is 5.56 Å². The number of halogens is 1. The Hall–Kier alpha value is -2.43. The predicted octanol–water partition coefficient (Wildman–Crippen LogP) is 2.55. The first kappa shape index (κ1) is 14.0. The number of carbonyl (C=O) groups excluding carboxylic acids is 1. The molecule has 0 aliphatic rings. The third-order valence-corrected chi connectivity index (χ3v) is 2.68. The predicted molar refractivity (Wildman–Crippen MR) is 73.0 cm³/mol. The number of rotatable bonds is 5. The van der Waals surface area contributed by atoms with Crippen LogP contribution in [-0.4, -0.2) is 17.5 Å². The molecule has 0 saturated carbocycles. The van der Waals surface area contributed by atoms with E-state index in [4.69, 9.17) is 4.74 Å². The first-order valence-electron chi connectivity index (χ1n) is 6.31. The molecule has 0 spiro atoms. The molecule has 104 valence electrons. The van der Waals surface area contributed by atoms with Gasteiger partial charge in [0.2, 0.25) is 5.88 Å². The van der Waals surface area contributed by atoms with Gasteiger partial charge in [-0.15, -0.1) is 0 Å². The Morgan fingerprint density at radius 1 is 1.30 bits per heavy atom. The molecule has 4 nitrogen and oxygen atoms in total. The normalized spacial score (nSPS) is 10.1. The summed E-state index contributed by atoms with van der Waals surface area (Å²) in [7, 11) is 0. The van der Waals surface area contributed by atoms with Crippen LogP contribution in [0.3, 0.4) is 0 Å². The number of benzene rings is 1. The topological polar surface area (TPSA) is 51.2 Å². The van der Waals surface area contributed by atoms with Gasteiger partial charge < -0.3 is 10.1 Å². The Labute approximate surface area is 116 Å². The molecule has 1 amide bonds. The first-order valence-corrected chi connectivity index (χ1v) is 6.31. The molecule has 5 heteroatoms. The van der Waals surface area contributed by atoms with Crippen molar-refractivity contribution in [2.24, 2.45) is 0 Å². The third kappa shape index (κ3) is 3.54. The van der Waals surface area contributed by atoms with Crippen molar-refractivity contribution < 1.29 is 13.9 Å². The maximum atomic E-state index is 12.8. The molecule has 0 aliphatic carbocycles. The molecule has 0 unspecified atom stereocenters. The first-order chi connectivity index (χ1) is 9.70. The van der Waals surface area contributed by atoms with Crippen LogP contribution in [0.15, 0.2) is 42.6 Å². The van der Waals surface area contributed by atoms with Gasteiger partial charge in [-0.1, -0.05) is 6.07 Å². The van der Waals surface area contributed by atoms with Gasteiger partial charge in [-0.05, 0) is 37.3 Å². The quantitative estimate of drug-likeness (QED) is 0.911. The van der Waals surface area contributed by atoms with Crippen molar-refractivity contribution in [3.05, 3.63) is 59.5 Å². The number of nitrogens with zero attached hydrogens (tertiary/aromatic N) is 1. The summed E-state index contributed by atoms with van der Waals surface area (Å²) in [5.74, 6) is -0.127. The highest BCUT2D eigenvalue weighted by Crippen LogP contribution is 2.14. The van der Waals surface area contributed by atoms with Gasteiger partial charge in [0, 0.05) is 23.9 Å². The molecule has 20 heavy (non-hydrogen) atoms. The molecule has 0 atom stereocenters. The van der Waals surface area contributed by atoms with Crippen LogP contribution < -0.4 is 10.1 Å². The third-order valence-electron chi connectivity index (χ3n) is 2.68. The van der Waals surface area contributed by atoms with E-state index in [1.54, 1.807) is 12.3 Å². The fraction of sp³-hybridized carbons (Fsp3) is 0.200. The monoisotopic (exact) mass is 274 g/mol. The largest absolute Gasteiger partial charge is 0.478 e. The number of hydrogen-bond acceptors (Lipinski definition) is 3. The van der Waals surface area contributed by atoms with Gasteiger partial charge in [0.1, 0.15) is 5.82 Å². The Morgan fingerprint density at radius 2 is 2.05 bits per heavy atom. The second-order valence-corrected chi connectivity index (χ2v) is 4.09. The van der Waals surface area contributed by atoms with E-state index in [2.05, 4.69) is 10.3 Å². The van der Waals surface area contributed by atoms with E-state index in [-0.39, 0.29) is 11.7 Å². The highest BCUT2D eigenvalue weighted by atomic mass is 19.1. The lowest BCUT2D eigenvalue weighted by Gasteiger charge is -2.09. The van der Waals surface area contributed by atoms with Crippen LogP contribution in [0.2, 0.25) is 0 Å². The molecule has 1 N–H and O–H groups in total. The lowest BCUT2D eigenvalue weighted by atomic mass is 10.2. The van der Waals surface area contributed by atoms with Crippen molar-refractivity contribution in [1.82, 2.24) is 10.3 Å². The van der Waals surface area contributed by atoms with Crippen LogP contribution in [0.25, 0.3) is 0 Å². The Morgan fingerprint density at radius 3 is 2.75 bits per heavy atom. The highest BCUT2D eigenvalue weighted by Gasteiger charge is 2.08. The van der Waals surface area contributed by atoms with Crippen molar-refractivity contribution in [3.8, 4) is 5.88 Å². The number of aromatic nitrogens is 1. The number of carbonyl (C=O) groups is 1. The number of ether oxygens (including phenoxy) is 1. The second-order valence-electron chi connectivity index (χ2n) is 4.09. The number of hydrogen-bond donors (Lipinski definition) is 1. The maximum absolute atomic E-state index is 12.8. The van der Waals surface area contributed by atoms with E-state index in [0.29, 0.717) is 24.6 Å². The van der Waals surface area contributed by atoms with Gasteiger partial charge in [-0.3, -0.25) is 4.79 Å². The molecule has 0 aliphatic heterocycles. The van der Waals surface area contributed by atoms with Crippen molar-refractivity contribution in [2.75, 3.05) is 6.61 Å². The van der Waals surface area contributed by atoms with E-state index in [1.165, 1.54) is 24.3 Å². The fourth-order valence-corrected chi connectivity index (χ4v) is 1.70. The molecule has 0 bridgehead atoms. The summed E-state index contributed by atoms with van der Waals surface area (Å²) in [6.07, 6.45) is 1.64. The van der Waals surface area contributed by atoms with Gasteiger partial charge in [0.05, 0.1) is 6.61 Å². The Bertz CT molecular complexity index is 585. The minimum atomic E-state index is -0.368. The Kier molecular flexibility index (Phi) is 4.65. The summed E-state index contributed by atoms with van der Waals surface area (Å²) < 4.78 is 18.2. The smallest absolute Gasteiger partial charge is 0.251 e. The fourth-order valence-electron chi connectivity index (χ4n) is 1.70. The average Bonchev–Trinajstić information content (AvgIpc) is 2.47. The van der Waals surface area contributed by atoms with Gasteiger partial charge in [0.15, 0.2) is 0 Å². The SMILES string of the molecule is CCOc1ncccc1CNC(=O)c1ccc(F)cc1. The lowest BCUT2D eigenvalue weighted by Crippen LogP contribution is -2.23. The second kappa shape index (κ2) is 6.65. The molecular weight excluding hydrogens is 259 g/mol. The molecule has 1 aromatic carbocycles. The van der Waals surface area contributed by atoms with Gasteiger partial charge in [-0.2, -0.15) is 0 Å². The summed E-state index contributed by atoms with van der Waals surface area (Å²) in [6.45, 7) is 2.69. The van der Waals surface area contributed by atoms with E-state index in [1.807, 2.05) is 13.0 Å². The Balaban J connectivity index is 2.01. The zero-order chi connectivity index (χ0) is 14.4. The molecule has 0 fully saturated rings. The van der Waals surface area contributed by atoms with Crippen LogP contribution in [-0.2, 0) is 6.54 Å². The summed E-state index contributed by atoms with van der Waals surface area (Å²) in [5, 5.41) is 2.75. The van der Waals surface area contributed by atoms with E-state index in [9.17, 15) is 9.18 Å². The number of nitrogens with one attached hydrogen (secondary N) is 1. The van der Waals surface area contributed by atoms with Gasteiger partial charge >= 0.3 is 0 Å². The number of amides is 1. The molecule has 1 aromatic heterocycles. The van der Waals surface area contributed by atoms with Gasteiger partial charge in [-0.25, -0.2) is 9.37 Å². The lowest BCUT2D eigenvalue weighted by molar-refractivity contribution is 0.0950. The van der Waals surface area contributed by atoms with Gasteiger partial charge in [0.25, 0.3) is 5.91 Å². The molecule has 2 aromatic rings. The highest BCUT2D eigenvalue weighted by molar-refractivity contribution is 5.94. The molecule has 0 saturated heterocycles. The zero-order valence-corrected chi connectivity index (χ0v) is 11.1. The van der Waals surface area contributed by atoms with Crippen LogP contribution in [0.1, 0.15) is 22.8 Å². The maximum Gasteiger partial charge on any atom is 0.251 e. The summed E-state index contributed by atoms with van der Waals surface area (Å²) in [5.41, 5.74) is 1.21. The zero-order valence-electron chi connectivity index (χ0n) is 11.1.